The fourth-order valence-corrected chi connectivity index (χ4v) is 5.31. The number of urea groups is 1. The predicted octanol–water partition coefficient (Wildman–Crippen LogP) is 3.29. The van der Waals surface area contributed by atoms with Crippen LogP contribution in [0.15, 0.2) is 29.1 Å². The van der Waals surface area contributed by atoms with Crippen molar-refractivity contribution in [2.45, 2.75) is 58.7 Å². The maximum absolute atomic E-state index is 12.7. The molecule has 38 heavy (non-hydrogen) atoms. The molecule has 2 N–H and O–H groups in total. The lowest BCUT2D eigenvalue weighted by Gasteiger charge is -2.40. The summed E-state index contributed by atoms with van der Waals surface area (Å²) in [6.45, 7) is 9.34. The van der Waals surface area contributed by atoms with Crippen LogP contribution in [0.3, 0.4) is 0 Å². The highest BCUT2D eigenvalue weighted by Gasteiger charge is 2.30. The molecule has 1 aliphatic heterocycles. The fraction of sp³-hybridized carbons (Fsp3) is 0.556. The molecule has 0 saturated carbocycles. The summed E-state index contributed by atoms with van der Waals surface area (Å²) >= 11 is 1.62. The SMILES string of the molecule is CCN(C)C(=O)c1cc(C)c(C(=O)NCC[C@@H](C)N2CCC(N(Cc3ccsc3)C(=O)NOC)CC2)cn1. The number of nitrogens with one attached hydrogen (secondary N) is 2. The minimum atomic E-state index is -0.215. The number of rotatable bonds is 11. The molecular formula is C27H40N6O4S. The second-order valence-corrected chi connectivity index (χ2v) is 10.5. The number of carbonyl (C=O) groups is 3. The molecule has 3 rings (SSSR count). The third-order valence-corrected chi connectivity index (χ3v) is 7.92. The van der Waals surface area contributed by atoms with E-state index in [0.717, 1.165) is 43.5 Å². The average Bonchev–Trinajstić information content (AvgIpc) is 3.44. The van der Waals surface area contributed by atoms with E-state index in [1.807, 2.05) is 30.2 Å². The number of amides is 4. The molecule has 0 unspecified atom stereocenters. The summed E-state index contributed by atoms with van der Waals surface area (Å²) in [7, 11) is 3.17. The Bertz CT molecular complexity index is 1070. The van der Waals surface area contributed by atoms with Gasteiger partial charge in [0, 0.05) is 58.1 Å². The maximum Gasteiger partial charge on any atom is 0.341 e. The van der Waals surface area contributed by atoms with Crippen LogP contribution in [-0.2, 0) is 11.4 Å². The van der Waals surface area contributed by atoms with E-state index in [4.69, 9.17) is 4.84 Å². The van der Waals surface area contributed by atoms with Crippen molar-refractivity contribution in [1.82, 2.24) is 30.5 Å². The van der Waals surface area contributed by atoms with Gasteiger partial charge in [0.05, 0.1) is 12.7 Å². The Morgan fingerprint density at radius 1 is 1.29 bits per heavy atom. The van der Waals surface area contributed by atoms with Gasteiger partial charge in [-0.25, -0.2) is 10.3 Å². The lowest BCUT2D eigenvalue weighted by molar-refractivity contribution is 0.0565. The van der Waals surface area contributed by atoms with Crippen LogP contribution in [-0.4, -0.2) is 89.9 Å². The van der Waals surface area contributed by atoms with E-state index in [0.29, 0.717) is 30.9 Å². The zero-order valence-corrected chi connectivity index (χ0v) is 23.8. The van der Waals surface area contributed by atoms with Gasteiger partial charge in [-0.05, 0) is 74.1 Å². The molecule has 0 radical (unpaired) electrons. The predicted molar refractivity (Wildman–Crippen MR) is 148 cm³/mol. The van der Waals surface area contributed by atoms with Crippen molar-refractivity contribution in [3.8, 4) is 0 Å². The monoisotopic (exact) mass is 544 g/mol. The highest BCUT2D eigenvalue weighted by molar-refractivity contribution is 7.07. The molecule has 2 aromatic rings. The number of nitrogens with zero attached hydrogens (tertiary/aromatic N) is 4. The van der Waals surface area contributed by atoms with Crippen molar-refractivity contribution in [2.24, 2.45) is 0 Å². The summed E-state index contributed by atoms with van der Waals surface area (Å²) in [5.74, 6) is -0.342. The van der Waals surface area contributed by atoms with Gasteiger partial charge in [-0.1, -0.05) is 0 Å². The van der Waals surface area contributed by atoms with Crippen LogP contribution in [0.5, 0.6) is 0 Å². The largest absolute Gasteiger partial charge is 0.352 e. The number of thiophene rings is 1. The average molecular weight is 545 g/mol. The van der Waals surface area contributed by atoms with Crippen molar-refractivity contribution >= 4 is 29.2 Å². The molecule has 1 atom stereocenters. The van der Waals surface area contributed by atoms with Crippen LogP contribution in [0, 0.1) is 6.92 Å². The van der Waals surface area contributed by atoms with Gasteiger partial charge in [-0.2, -0.15) is 11.3 Å². The van der Waals surface area contributed by atoms with Crippen LogP contribution in [0.1, 0.15) is 65.1 Å². The van der Waals surface area contributed by atoms with Gasteiger partial charge in [-0.15, -0.1) is 0 Å². The van der Waals surface area contributed by atoms with Crippen LogP contribution in [0.2, 0.25) is 0 Å². The molecule has 1 aliphatic rings. The minimum Gasteiger partial charge on any atom is -0.352 e. The summed E-state index contributed by atoms with van der Waals surface area (Å²) in [5.41, 5.74) is 5.14. The lowest BCUT2D eigenvalue weighted by Crippen LogP contribution is -2.51. The fourth-order valence-electron chi connectivity index (χ4n) is 4.65. The second-order valence-electron chi connectivity index (χ2n) is 9.74. The number of hydrogen-bond donors (Lipinski definition) is 2. The Morgan fingerprint density at radius 3 is 2.63 bits per heavy atom. The van der Waals surface area contributed by atoms with Crippen LogP contribution < -0.4 is 10.8 Å². The zero-order valence-electron chi connectivity index (χ0n) is 23.0. The summed E-state index contributed by atoms with van der Waals surface area (Å²) in [6, 6.07) is 3.92. The van der Waals surface area contributed by atoms with E-state index in [-0.39, 0.29) is 29.9 Å². The molecule has 208 valence electrons. The van der Waals surface area contributed by atoms with Crippen molar-refractivity contribution in [2.75, 3.05) is 40.3 Å². The number of hydroxylamine groups is 1. The van der Waals surface area contributed by atoms with E-state index in [1.54, 1.807) is 29.4 Å². The molecule has 1 saturated heterocycles. The Kier molecular flexibility index (Phi) is 11.1. The number of carbonyl (C=O) groups excluding carboxylic acids is 3. The highest BCUT2D eigenvalue weighted by atomic mass is 32.1. The smallest absolute Gasteiger partial charge is 0.341 e. The van der Waals surface area contributed by atoms with E-state index in [2.05, 4.69) is 33.0 Å². The summed E-state index contributed by atoms with van der Waals surface area (Å²) in [4.78, 5) is 52.7. The topological polar surface area (TPSA) is 107 Å². The summed E-state index contributed by atoms with van der Waals surface area (Å²) < 4.78 is 0. The summed E-state index contributed by atoms with van der Waals surface area (Å²) in [6.07, 6.45) is 4.04. The van der Waals surface area contributed by atoms with Gasteiger partial charge >= 0.3 is 6.03 Å². The zero-order chi connectivity index (χ0) is 27.7. The third-order valence-electron chi connectivity index (χ3n) is 7.19. The molecule has 0 spiro atoms. The first kappa shape index (κ1) is 29.5. The van der Waals surface area contributed by atoms with Crippen molar-refractivity contribution in [3.05, 3.63) is 51.5 Å². The highest BCUT2D eigenvalue weighted by Crippen LogP contribution is 2.22. The lowest BCUT2D eigenvalue weighted by atomic mass is 10.0. The molecule has 10 nitrogen and oxygen atoms in total. The van der Waals surface area contributed by atoms with Crippen molar-refractivity contribution in [3.63, 3.8) is 0 Å². The van der Waals surface area contributed by atoms with Crippen LogP contribution >= 0.6 is 11.3 Å². The molecule has 2 aromatic heterocycles. The van der Waals surface area contributed by atoms with Crippen LogP contribution in [0.25, 0.3) is 0 Å². The molecule has 11 heteroatoms. The Hall–Kier alpha value is -3.02. The first-order chi connectivity index (χ1) is 18.2. The van der Waals surface area contributed by atoms with Crippen LogP contribution in [0.4, 0.5) is 4.79 Å². The Balaban J connectivity index is 1.47. The van der Waals surface area contributed by atoms with Gasteiger partial charge in [0.15, 0.2) is 0 Å². The number of pyridine rings is 1. The van der Waals surface area contributed by atoms with E-state index >= 15 is 0 Å². The molecular weight excluding hydrogens is 504 g/mol. The first-order valence-corrected chi connectivity index (χ1v) is 14.0. The van der Waals surface area contributed by atoms with Gasteiger partial charge in [0.2, 0.25) is 0 Å². The Labute approximate surface area is 229 Å². The maximum atomic E-state index is 12.7. The molecule has 0 aliphatic carbocycles. The second kappa shape index (κ2) is 14.2. The third kappa shape index (κ3) is 7.75. The number of likely N-dealkylation sites (tertiary alicyclic amines) is 1. The minimum absolute atomic E-state index is 0.135. The van der Waals surface area contributed by atoms with Gasteiger partial charge in [0.25, 0.3) is 11.8 Å². The van der Waals surface area contributed by atoms with E-state index in [1.165, 1.54) is 13.3 Å². The van der Waals surface area contributed by atoms with Gasteiger partial charge in [0.1, 0.15) is 5.69 Å². The standard InChI is InChI=1S/C27H40N6O4S/c1-6-31(4)26(35)24-15-19(2)23(16-29-24)25(34)28-11-7-20(3)32-12-8-22(9-13-32)33(27(36)30-37-5)17-21-10-14-38-18-21/h10,14-16,18,20,22H,6-9,11-13,17H2,1-5H3,(H,28,34)(H,30,36)/t20-/m1/s1. The number of aryl methyl sites for hydroxylation is 1. The number of piperidine rings is 1. The molecule has 1 fully saturated rings. The normalized spacial score (nSPS) is 15.1. The van der Waals surface area contributed by atoms with E-state index in [9.17, 15) is 14.4 Å². The van der Waals surface area contributed by atoms with Gasteiger partial charge in [-0.3, -0.25) is 19.4 Å². The molecule has 0 bridgehead atoms. The van der Waals surface area contributed by atoms with E-state index < -0.39 is 0 Å². The molecule has 4 amide bonds. The Morgan fingerprint density at radius 2 is 2.03 bits per heavy atom. The first-order valence-electron chi connectivity index (χ1n) is 13.1. The number of aromatic nitrogens is 1. The number of hydrogen-bond acceptors (Lipinski definition) is 7. The summed E-state index contributed by atoms with van der Waals surface area (Å²) in [5, 5.41) is 7.08. The molecule has 0 aromatic carbocycles. The van der Waals surface area contributed by atoms with Crippen molar-refractivity contribution in [1.29, 1.82) is 0 Å². The quantitative estimate of drug-likeness (QED) is 0.421. The van der Waals surface area contributed by atoms with Gasteiger partial charge < -0.3 is 20.0 Å². The molecule has 3 heterocycles. The van der Waals surface area contributed by atoms with Crippen molar-refractivity contribution < 1.29 is 19.2 Å².